The van der Waals surface area contributed by atoms with Gasteiger partial charge in [-0.25, -0.2) is 4.79 Å². The summed E-state index contributed by atoms with van der Waals surface area (Å²) in [5.74, 6) is -0.402. The number of halogens is 1. The SMILES string of the molecule is CCCNc1ccc(C(=O)OCC(O)CN(CC)CC)cc1.Cl. The lowest BCUT2D eigenvalue weighted by Gasteiger charge is -2.21. The van der Waals surface area contributed by atoms with E-state index < -0.39 is 12.1 Å². The Morgan fingerprint density at radius 3 is 2.35 bits per heavy atom. The maximum Gasteiger partial charge on any atom is 0.338 e. The van der Waals surface area contributed by atoms with Crippen LogP contribution in [0, 0.1) is 0 Å². The van der Waals surface area contributed by atoms with Gasteiger partial charge in [-0.3, -0.25) is 0 Å². The van der Waals surface area contributed by atoms with Crippen molar-refractivity contribution in [1.29, 1.82) is 0 Å². The predicted octanol–water partition coefficient (Wildman–Crippen LogP) is 2.79. The Morgan fingerprint density at radius 2 is 1.83 bits per heavy atom. The molecular weight excluding hydrogens is 316 g/mol. The van der Waals surface area contributed by atoms with Gasteiger partial charge < -0.3 is 20.1 Å². The van der Waals surface area contributed by atoms with Crippen LogP contribution in [-0.2, 0) is 4.74 Å². The van der Waals surface area contributed by atoms with E-state index in [1.54, 1.807) is 12.1 Å². The predicted molar refractivity (Wildman–Crippen MR) is 96.5 cm³/mol. The van der Waals surface area contributed by atoms with Crippen molar-refractivity contribution in [2.45, 2.75) is 33.3 Å². The lowest BCUT2D eigenvalue weighted by Crippen LogP contribution is -2.35. The van der Waals surface area contributed by atoms with E-state index in [2.05, 4.69) is 17.1 Å². The topological polar surface area (TPSA) is 61.8 Å². The molecule has 0 amide bonds. The Morgan fingerprint density at radius 1 is 1.22 bits per heavy atom. The van der Waals surface area contributed by atoms with E-state index in [9.17, 15) is 9.90 Å². The average Bonchev–Trinajstić information content (AvgIpc) is 2.56. The number of rotatable bonds is 10. The molecule has 0 bridgehead atoms. The summed E-state index contributed by atoms with van der Waals surface area (Å²) in [4.78, 5) is 14.0. The van der Waals surface area contributed by atoms with Crippen molar-refractivity contribution in [1.82, 2.24) is 4.90 Å². The van der Waals surface area contributed by atoms with Crippen LogP contribution in [0.4, 0.5) is 5.69 Å². The van der Waals surface area contributed by atoms with Gasteiger partial charge in [-0.1, -0.05) is 20.8 Å². The van der Waals surface area contributed by atoms with Gasteiger partial charge in [-0.05, 0) is 43.8 Å². The van der Waals surface area contributed by atoms with E-state index >= 15 is 0 Å². The lowest BCUT2D eigenvalue weighted by molar-refractivity contribution is 0.0167. The highest BCUT2D eigenvalue weighted by atomic mass is 35.5. The number of aliphatic hydroxyl groups excluding tert-OH is 1. The Hall–Kier alpha value is -1.30. The number of nitrogens with zero attached hydrogens (tertiary/aromatic N) is 1. The second-order valence-electron chi connectivity index (χ2n) is 5.24. The number of hydrogen-bond donors (Lipinski definition) is 2. The molecule has 0 aromatic heterocycles. The van der Waals surface area contributed by atoms with Gasteiger partial charge in [0.05, 0.1) is 5.56 Å². The second kappa shape index (κ2) is 12.2. The molecule has 23 heavy (non-hydrogen) atoms. The fourth-order valence-electron chi connectivity index (χ4n) is 2.08. The summed E-state index contributed by atoms with van der Waals surface area (Å²) in [6.07, 6.45) is 0.392. The maximum atomic E-state index is 11.9. The molecule has 0 radical (unpaired) electrons. The Labute approximate surface area is 145 Å². The van der Waals surface area contributed by atoms with Gasteiger partial charge in [-0.2, -0.15) is 0 Å². The van der Waals surface area contributed by atoms with Crippen molar-refractivity contribution in [2.24, 2.45) is 0 Å². The summed E-state index contributed by atoms with van der Waals surface area (Å²) in [6, 6.07) is 7.19. The van der Waals surface area contributed by atoms with Gasteiger partial charge in [0.15, 0.2) is 0 Å². The van der Waals surface area contributed by atoms with Crippen molar-refractivity contribution in [2.75, 3.05) is 38.1 Å². The number of nitrogens with one attached hydrogen (secondary N) is 1. The van der Waals surface area contributed by atoms with E-state index in [0.29, 0.717) is 12.1 Å². The number of ether oxygens (including phenoxy) is 1. The molecule has 0 aliphatic rings. The number of esters is 1. The zero-order chi connectivity index (χ0) is 16.4. The molecule has 2 N–H and O–H groups in total. The minimum Gasteiger partial charge on any atom is -0.459 e. The van der Waals surface area contributed by atoms with E-state index in [1.165, 1.54) is 0 Å². The quantitative estimate of drug-likeness (QED) is 0.639. The Kier molecular flexibility index (Phi) is 11.5. The third-order valence-electron chi connectivity index (χ3n) is 3.47. The molecule has 1 unspecified atom stereocenters. The number of likely N-dealkylation sites (N-methyl/N-ethyl adjacent to an activating group) is 1. The molecule has 0 heterocycles. The summed E-state index contributed by atoms with van der Waals surface area (Å²) < 4.78 is 5.16. The van der Waals surface area contributed by atoms with Crippen LogP contribution in [-0.4, -0.2) is 54.9 Å². The van der Waals surface area contributed by atoms with Gasteiger partial charge in [0.2, 0.25) is 0 Å². The molecule has 0 saturated carbocycles. The first-order valence-corrected chi connectivity index (χ1v) is 8.02. The van der Waals surface area contributed by atoms with Gasteiger partial charge in [0.1, 0.15) is 12.7 Å². The van der Waals surface area contributed by atoms with Crippen LogP contribution in [0.1, 0.15) is 37.6 Å². The molecule has 1 aromatic rings. The molecule has 1 atom stereocenters. The molecular formula is C17H29ClN2O3. The van der Waals surface area contributed by atoms with Crippen LogP contribution < -0.4 is 5.32 Å². The molecule has 0 saturated heterocycles. The Balaban J connectivity index is 0.00000484. The third kappa shape index (κ3) is 8.21. The highest BCUT2D eigenvalue weighted by molar-refractivity contribution is 5.89. The second-order valence-corrected chi connectivity index (χ2v) is 5.24. The van der Waals surface area contributed by atoms with Crippen molar-refractivity contribution in [3.05, 3.63) is 29.8 Å². The van der Waals surface area contributed by atoms with Gasteiger partial charge >= 0.3 is 5.97 Å². The van der Waals surface area contributed by atoms with Gasteiger partial charge in [0, 0.05) is 18.8 Å². The first-order chi connectivity index (χ1) is 10.6. The average molecular weight is 345 g/mol. The Bertz CT molecular complexity index is 436. The summed E-state index contributed by atoms with van der Waals surface area (Å²) in [5, 5.41) is 13.1. The zero-order valence-electron chi connectivity index (χ0n) is 14.2. The smallest absolute Gasteiger partial charge is 0.338 e. The van der Waals surface area contributed by atoms with Crippen LogP contribution >= 0.6 is 12.4 Å². The number of benzene rings is 1. The number of carbonyl (C=O) groups excluding carboxylic acids is 1. The highest BCUT2D eigenvalue weighted by Crippen LogP contribution is 2.10. The highest BCUT2D eigenvalue weighted by Gasteiger charge is 2.13. The normalized spacial score (nSPS) is 11.7. The summed E-state index contributed by atoms with van der Waals surface area (Å²) in [5.41, 5.74) is 1.48. The van der Waals surface area contributed by atoms with Crippen LogP contribution in [0.25, 0.3) is 0 Å². The molecule has 0 spiro atoms. The number of aliphatic hydroxyl groups is 1. The number of carbonyl (C=O) groups is 1. The fraction of sp³-hybridized carbons (Fsp3) is 0.588. The van der Waals surface area contributed by atoms with Crippen LogP contribution in [0.3, 0.4) is 0 Å². The van der Waals surface area contributed by atoms with E-state index in [1.807, 2.05) is 26.0 Å². The van der Waals surface area contributed by atoms with Crippen LogP contribution in [0.5, 0.6) is 0 Å². The van der Waals surface area contributed by atoms with Crippen molar-refractivity contribution in [3.63, 3.8) is 0 Å². The molecule has 0 aliphatic heterocycles. The van der Waals surface area contributed by atoms with Crippen molar-refractivity contribution in [3.8, 4) is 0 Å². The monoisotopic (exact) mass is 344 g/mol. The molecule has 132 valence electrons. The van der Waals surface area contributed by atoms with Crippen LogP contribution in [0.15, 0.2) is 24.3 Å². The largest absolute Gasteiger partial charge is 0.459 e. The molecule has 0 fully saturated rings. The summed E-state index contributed by atoms with van der Waals surface area (Å²) >= 11 is 0. The summed E-state index contributed by atoms with van der Waals surface area (Å²) in [7, 11) is 0. The molecule has 6 heteroatoms. The molecule has 5 nitrogen and oxygen atoms in total. The maximum absolute atomic E-state index is 11.9. The first kappa shape index (κ1) is 21.7. The minimum atomic E-state index is -0.658. The zero-order valence-corrected chi connectivity index (χ0v) is 15.1. The third-order valence-corrected chi connectivity index (χ3v) is 3.47. The van der Waals surface area contributed by atoms with E-state index in [0.717, 1.165) is 31.7 Å². The molecule has 0 aliphatic carbocycles. The molecule has 1 rings (SSSR count). The van der Waals surface area contributed by atoms with Crippen molar-refractivity contribution >= 4 is 24.1 Å². The van der Waals surface area contributed by atoms with Crippen molar-refractivity contribution < 1.29 is 14.6 Å². The van der Waals surface area contributed by atoms with Gasteiger partial charge in [0.25, 0.3) is 0 Å². The lowest BCUT2D eigenvalue weighted by atomic mass is 10.2. The fourth-order valence-corrected chi connectivity index (χ4v) is 2.08. The number of hydrogen-bond acceptors (Lipinski definition) is 5. The van der Waals surface area contributed by atoms with Gasteiger partial charge in [-0.15, -0.1) is 12.4 Å². The van der Waals surface area contributed by atoms with E-state index in [-0.39, 0.29) is 19.0 Å². The van der Waals surface area contributed by atoms with Crippen LogP contribution in [0.2, 0.25) is 0 Å². The molecule has 1 aromatic carbocycles. The minimum absolute atomic E-state index is 0. The summed E-state index contributed by atoms with van der Waals surface area (Å²) in [6.45, 7) is 9.35. The number of anilines is 1. The van der Waals surface area contributed by atoms with E-state index in [4.69, 9.17) is 4.74 Å². The first-order valence-electron chi connectivity index (χ1n) is 8.02. The standard InChI is InChI=1S/C17H28N2O3.ClH/c1-4-11-18-15-9-7-14(8-10-15)17(21)22-13-16(20)12-19(5-2)6-3;/h7-10,16,18,20H,4-6,11-13H2,1-3H3;1H.